The highest BCUT2D eigenvalue weighted by Crippen LogP contribution is 2.36. The molecule has 0 spiro atoms. The SMILES string of the molecule is CC(C)(C)OC(=O)Nc1cc(NCC2CC2)c(Cl)cc1NC(=O)CC(=O)c1cccc(-n2nncc2COC2CCCCO2)c1. The highest BCUT2D eigenvalue weighted by atomic mass is 35.5. The summed E-state index contributed by atoms with van der Waals surface area (Å²) < 4.78 is 18.5. The smallest absolute Gasteiger partial charge is 0.412 e. The van der Waals surface area contributed by atoms with E-state index in [1.165, 1.54) is 0 Å². The zero-order valence-electron chi connectivity index (χ0n) is 25.7. The number of amides is 2. The van der Waals surface area contributed by atoms with Crippen LogP contribution in [0.2, 0.25) is 5.02 Å². The number of aromatic nitrogens is 3. The minimum absolute atomic E-state index is 0.239. The third-order valence-electron chi connectivity index (χ3n) is 7.20. The number of Topliss-reactive ketones (excluding diaryl/α,β-unsaturated/α-hetero) is 1. The quantitative estimate of drug-likeness (QED) is 0.153. The minimum atomic E-state index is -0.724. The first-order chi connectivity index (χ1) is 21.5. The summed E-state index contributed by atoms with van der Waals surface area (Å²) in [5, 5.41) is 17.2. The van der Waals surface area contributed by atoms with E-state index in [1.807, 2.05) is 0 Å². The fraction of sp³-hybridized carbons (Fsp3) is 0.469. The van der Waals surface area contributed by atoms with Gasteiger partial charge in [-0.1, -0.05) is 28.9 Å². The number of benzene rings is 2. The first-order valence-corrected chi connectivity index (χ1v) is 15.6. The topological polar surface area (TPSA) is 146 Å². The van der Waals surface area contributed by atoms with Crippen molar-refractivity contribution in [1.29, 1.82) is 0 Å². The average molecular weight is 639 g/mol. The summed E-state index contributed by atoms with van der Waals surface area (Å²) in [7, 11) is 0. The van der Waals surface area contributed by atoms with Crippen molar-refractivity contribution < 1.29 is 28.6 Å². The Labute approximate surface area is 267 Å². The van der Waals surface area contributed by atoms with Crippen LogP contribution in [-0.4, -0.2) is 57.8 Å². The van der Waals surface area contributed by atoms with Crippen LogP contribution in [0.4, 0.5) is 21.9 Å². The second kappa shape index (κ2) is 14.4. The highest BCUT2D eigenvalue weighted by Gasteiger charge is 2.23. The summed E-state index contributed by atoms with van der Waals surface area (Å²) >= 11 is 6.52. The van der Waals surface area contributed by atoms with Gasteiger partial charge in [-0.15, -0.1) is 5.10 Å². The Hall–Kier alpha value is -4.00. The minimum Gasteiger partial charge on any atom is -0.444 e. The van der Waals surface area contributed by atoms with Gasteiger partial charge in [-0.3, -0.25) is 14.9 Å². The largest absolute Gasteiger partial charge is 0.444 e. The normalized spacial score (nSPS) is 16.6. The molecule has 1 unspecified atom stereocenters. The van der Waals surface area contributed by atoms with Crippen LogP contribution in [0, 0.1) is 5.92 Å². The number of carbonyl (C=O) groups excluding carboxylic acids is 3. The van der Waals surface area contributed by atoms with E-state index in [2.05, 4.69) is 26.3 Å². The maximum absolute atomic E-state index is 13.2. The molecule has 2 amide bonds. The molecule has 1 aliphatic heterocycles. The monoisotopic (exact) mass is 638 g/mol. The molecule has 1 atom stereocenters. The number of hydrogen-bond donors (Lipinski definition) is 3. The molecule has 0 bridgehead atoms. The fourth-order valence-corrected chi connectivity index (χ4v) is 4.98. The summed E-state index contributed by atoms with van der Waals surface area (Å²) in [6.45, 7) is 6.94. The molecule has 1 saturated carbocycles. The third kappa shape index (κ3) is 9.49. The van der Waals surface area contributed by atoms with Gasteiger partial charge in [0.2, 0.25) is 5.91 Å². The van der Waals surface area contributed by atoms with Crippen LogP contribution < -0.4 is 16.0 Å². The predicted molar refractivity (Wildman–Crippen MR) is 170 cm³/mol. The standard InChI is InChI=1S/C32H39ClN6O6/c1-32(2,3)45-31(42)37-27-15-25(34-17-20-10-11-20)24(33)14-26(27)36-29(41)16-28(40)21-7-6-8-22(13-21)39-23(18-35-38-39)19-44-30-9-4-5-12-43-30/h6-8,13-15,18,20,30,34H,4-5,9-12,16-17,19H2,1-3H3,(H,36,41)(H,37,42). The Morgan fingerprint density at radius 3 is 2.58 bits per heavy atom. The van der Waals surface area contributed by atoms with Gasteiger partial charge in [0.1, 0.15) is 5.60 Å². The number of anilines is 3. The van der Waals surface area contributed by atoms with Crippen LogP contribution >= 0.6 is 11.6 Å². The Morgan fingerprint density at radius 2 is 1.84 bits per heavy atom. The van der Waals surface area contributed by atoms with E-state index in [0.717, 1.165) is 38.6 Å². The Bertz CT molecular complexity index is 1530. The lowest BCUT2D eigenvalue weighted by molar-refractivity contribution is -0.169. The second-order valence-electron chi connectivity index (χ2n) is 12.3. The van der Waals surface area contributed by atoms with Gasteiger partial charge >= 0.3 is 6.09 Å². The van der Waals surface area contributed by atoms with Gasteiger partial charge in [0.05, 0.1) is 52.7 Å². The van der Waals surface area contributed by atoms with Crippen LogP contribution in [-0.2, 0) is 25.6 Å². The number of carbonyl (C=O) groups is 3. The lowest BCUT2D eigenvalue weighted by Crippen LogP contribution is -2.28. The van der Waals surface area contributed by atoms with E-state index in [1.54, 1.807) is 68.0 Å². The van der Waals surface area contributed by atoms with Crippen LogP contribution in [0.5, 0.6) is 0 Å². The number of hydrogen-bond acceptors (Lipinski definition) is 9. The van der Waals surface area contributed by atoms with E-state index in [0.29, 0.717) is 40.2 Å². The van der Waals surface area contributed by atoms with Crippen molar-refractivity contribution >= 4 is 46.4 Å². The van der Waals surface area contributed by atoms with Crippen molar-refractivity contribution in [1.82, 2.24) is 15.0 Å². The van der Waals surface area contributed by atoms with Gasteiger partial charge < -0.3 is 24.8 Å². The molecular weight excluding hydrogens is 600 g/mol. The molecule has 13 heteroatoms. The Morgan fingerprint density at radius 1 is 1.04 bits per heavy atom. The van der Waals surface area contributed by atoms with Crippen molar-refractivity contribution in [3.63, 3.8) is 0 Å². The van der Waals surface area contributed by atoms with Crippen molar-refractivity contribution in [2.75, 3.05) is 29.1 Å². The van der Waals surface area contributed by atoms with Gasteiger partial charge in [-0.25, -0.2) is 9.48 Å². The third-order valence-corrected chi connectivity index (χ3v) is 7.52. The summed E-state index contributed by atoms with van der Waals surface area (Å²) in [6.07, 6.45) is 5.43. The second-order valence-corrected chi connectivity index (χ2v) is 12.7. The van der Waals surface area contributed by atoms with E-state index in [4.69, 9.17) is 25.8 Å². The molecule has 2 heterocycles. The fourth-order valence-electron chi connectivity index (χ4n) is 4.75. The van der Waals surface area contributed by atoms with Crippen molar-refractivity contribution in [2.24, 2.45) is 5.92 Å². The molecule has 12 nitrogen and oxygen atoms in total. The van der Waals surface area contributed by atoms with E-state index in [-0.39, 0.29) is 24.3 Å². The number of halogens is 1. The lowest BCUT2D eigenvalue weighted by atomic mass is 10.1. The molecule has 2 aliphatic rings. The number of rotatable bonds is 12. The van der Waals surface area contributed by atoms with Crippen molar-refractivity contribution in [3.05, 3.63) is 58.9 Å². The van der Waals surface area contributed by atoms with Gasteiger partial charge in [-0.05, 0) is 83.1 Å². The molecule has 3 aromatic rings. The molecule has 1 aromatic heterocycles. The molecular formula is C32H39ClN6O6. The predicted octanol–water partition coefficient (Wildman–Crippen LogP) is 6.34. The van der Waals surface area contributed by atoms with Crippen molar-refractivity contribution in [3.8, 4) is 5.69 Å². The zero-order chi connectivity index (χ0) is 32.0. The first-order valence-electron chi connectivity index (χ1n) is 15.2. The van der Waals surface area contributed by atoms with Crippen LogP contribution in [0.3, 0.4) is 0 Å². The van der Waals surface area contributed by atoms with Crippen LogP contribution in [0.15, 0.2) is 42.6 Å². The highest BCUT2D eigenvalue weighted by molar-refractivity contribution is 6.34. The molecule has 1 saturated heterocycles. The molecule has 1 aliphatic carbocycles. The van der Waals surface area contributed by atoms with E-state index >= 15 is 0 Å². The molecule has 45 heavy (non-hydrogen) atoms. The van der Waals surface area contributed by atoms with E-state index < -0.39 is 29.8 Å². The van der Waals surface area contributed by atoms with Gasteiger partial charge in [0, 0.05) is 18.7 Å². The summed E-state index contributed by atoms with van der Waals surface area (Å²) in [6, 6.07) is 9.98. The molecule has 0 radical (unpaired) electrons. The summed E-state index contributed by atoms with van der Waals surface area (Å²) in [4.78, 5) is 38.9. The summed E-state index contributed by atoms with van der Waals surface area (Å²) in [5.74, 6) is -0.388. The van der Waals surface area contributed by atoms with Gasteiger partial charge in [0.25, 0.3) is 0 Å². The van der Waals surface area contributed by atoms with Crippen molar-refractivity contribution in [2.45, 2.75) is 77.8 Å². The molecule has 5 rings (SSSR count). The molecule has 2 aromatic carbocycles. The first kappa shape index (κ1) is 32.4. The molecule has 3 N–H and O–H groups in total. The maximum Gasteiger partial charge on any atom is 0.412 e. The number of ether oxygens (including phenoxy) is 3. The van der Waals surface area contributed by atoms with Gasteiger partial charge in [-0.2, -0.15) is 0 Å². The van der Waals surface area contributed by atoms with Crippen LogP contribution in [0.1, 0.15) is 75.3 Å². The number of nitrogens with one attached hydrogen (secondary N) is 3. The number of nitrogens with zero attached hydrogens (tertiary/aromatic N) is 3. The average Bonchev–Trinajstić information content (AvgIpc) is 3.70. The maximum atomic E-state index is 13.2. The van der Waals surface area contributed by atoms with Crippen LogP contribution in [0.25, 0.3) is 5.69 Å². The zero-order valence-corrected chi connectivity index (χ0v) is 26.5. The molecule has 240 valence electrons. The Balaban J connectivity index is 1.26. The summed E-state index contributed by atoms with van der Waals surface area (Å²) in [5.41, 5.74) is 2.04. The molecule has 2 fully saturated rings. The Kier molecular flexibility index (Phi) is 10.4. The van der Waals surface area contributed by atoms with Gasteiger partial charge in [0.15, 0.2) is 12.1 Å². The number of ketones is 1. The van der Waals surface area contributed by atoms with E-state index in [9.17, 15) is 14.4 Å². The lowest BCUT2D eigenvalue weighted by Gasteiger charge is -2.22.